The maximum Gasteiger partial charge on any atom is 0.204 e. The van der Waals surface area contributed by atoms with E-state index in [-0.39, 0.29) is 0 Å². The number of hydrogen-bond acceptors (Lipinski definition) is 5. The van der Waals surface area contributed by atoms with Gasteiger partial charge in [-0.15, -0.1) is 10.2 Å². The van der Waals surface area contributed by atoms with Crippen LogP contribution < -0.4 is 5.32 Å². The van der Waals surface area contributed by atoms with E-state index in [1.165, 1.54) is 0 Å². The van der Waals surface area contributed by atoms with E-state index < -0.39 is 0 Å². The molecule has 0 aliphatic carbocycles. The normalized spacial score (nSPS) is 10.8. The number of nitrogens with zero attached hydrogens (tertiary/aromatic N) is 4. The SMILES string of the molecule is CCOCCNCCn1nnc(-c2ccccc2)n1. The van der Waals surface area contributed by atoms with E-state index in [1.54, 1.807) is 4.80 Å². The lowest BCUT2D eigenvalue weighted by atomic mass is 10.2. The molecule has 0 bridgehead atoms. The Labute approximate surface area is 112 Å². The fourth-order valence-corrected chi connectivity index (χ4v) is 1.63. The average molecular weight is 261 g/mol. The quantitative estimate of drug-likeness (QED) is 0.717. The molecule has 1 aromatic carbocycles. The van der Waals surface area contributed by atoms with Crippen LogP contribution in [0.1, 0.15) is 6.92 Å². The summed E-state index contributed by atoms with van der Waals surface area (Å²) < 4.78 is 5.23. The van der Waals surface area contributed by atoms with Crippen LogP contribution in [0.2, 0.25) is 0 Å². The molecular weight excluding hydrogens is 242 g/mol. The highest BCUT2D eigenvalue weighted by molar-refractivity contribution is 5.52. The Hall–Kier alpha value is -1.79. The van der Waals surface area contributed by atoms with Gasteiger partial charge in [0.25, 0.3) is 0 Å². The average Bonchev–Trinajstić information content (AvgIpc) is 2.92. The molecule has 0 spiro atoms. The van der Waals surface area contributed by atoms with Crippen molar-refractivity contribution in [3.05, 3.63) is 30.3 Å². The second-order valence-electron chi connectivity index (χ2n) is 4.02. The molecule has 0 aliphatic heterocycles. The van der Waals surface area contributed by atoms with E-state index in [0.29, 0.717) is 12.4 Å². The molecule has 2 aromatic rings. The summed E-state index contributed by atoms with van der Waals surface area (Å²) in [4.78, 5) is 1.61. The van der Waals surface area contributed by atoms with Crippen molar-refractivity contribution in [1.82, 2.24) is 25.5 Å². The Morgan fingerprint density at radius 2 is 2.05 bits per heavy atom. The molecule has 102 valence electrons. The monoisotopic (exact) mass is 261 g/mol. The van der Waals surface area contributed by atoms with Gasteiger partial charge in [-0.3, -0.25) is 0 Å². The lowest BCUT2D eigenvalue weighted by molar-refractivity contribution is 0.149. The van der Waals surface area contributed by atoms with Crippen LogP contribution in [0.25, 0.3) is 11.4 Å². The Morgan fingerprint density at radius 3 is 2.84 bits per heavy atom. The molecule has 0 aliphatic rings. The van der Waals surface area contributed by atoms with E-state index in [9.17, 15) is 0 Å². The molecule has 6 heteroatoms. The van der Waals surface area contributed by atoms with Crippen LogP contribution in [-0.4, -0.2) is 46.5 Å². The summed E-state index contributed by atoms with van der Waals surface area (Å²) in [5, 5.41) is 15.7. The highest BCUT2D eigenvalue weighted by Crippen LogP contribution is 2.11. The van der Waals surface area contributed by atoms with Crippen LogP contribution in [-0.2, 0) is 11.3 Å². The zero-order chi connectivity index (χ0) is 13.3. The highest BCUT2D eigenvalue weighted by Gasteiger charge is 2.04. The second-order valence-corrected chi connectivity index (χ2v) is 4.02. The molecule has 1 N–H and O–H groups in total. The minimum atomic E-state index is 0.662. The maximum atomic E-state index is 5.23. The van der Waals surface area contributed by atoms with E-state index in [4.69, 9.17) is 4.74 Å². The standard InChI is InChI=1S/C13H19N5O/c1-2-19-11-9-14-8-10-18-16-13(15-17-18)12-6-4-3-5-7-12/h3-7,14H,2,8-11H2,1H3. The van der Waals surface area contributed by atoms with Crippen molar-refractivity contribution in [1.29, 1.82) is 0 Å². The van der Waals surface area contributed by atoms with E-state index >= 15 is 0 Å². The lowest BCUT2D eigenvalue weighted by Gasteiger charge is -2.03. The van der Waals surface area contributed by atoms with Gasteiger partial charge in [0, 0.05) is 25.3 Å². The van der Waals surface area contributed by atoms with Crippen LogP contribution >= 0.6 is 0 Å². The Balaban J connectivity index is 1.75. The predicted octanol–water partition coefficient (Wildman–Crippen LogP) is 0.966. The van der Waals surface area contributed by atoms with Crippen molar-refractivity contribution in [2.24, 2.45) is 0 Å². The van der Waals surface area contributed by atoms with Crippen LogP contribution in [0.5, 0.6) is 0 Å². The van der Waals surface area contributed by atoms with Gasteiger partial charge in [0.15, 0.2) is 0 Å². The first-order chi connectivity index (χ1) is 9.40. The Bertz CT molecular complexity index is 471. The van der Waals surface area contributed by atoms with Crippen molar-refractivity contribution in [2.75, 3.05) is 26.3 Å². The molecule has 1 heterocycles. The van der Waals surface area contributed by atoms with Crippen molar-refractivity contribution >= 4 is 0 Å². The minimum Gasteiger partial charge on any atom is -0.380 e. The zero-order valence-corrected chi connectivity index (χ0v) is 11.1. The highest BCUT2D eigenvalue weighted by atomic mass is 16.5. The van der Waals surface area contributed by atoms with Gasteiger partial charge >= 0.3 is 0 Å². The van der Waals surface area contributed by atoms with E-state index in [0.717, 1.165) is 31.9 Å². The van der Waals surface area contributed by atoms with Gasteiger partial charge in [0.05, 0.1) is 13.2 Å². The summed E-state index contributed by atoms with van der Waals surface area (Å²) in [6.45, 7) is 5.82. The number of nitrogens with one attached hydrogen (secondary N) is 1. The number of tetrazole rings is 1. The van der Waals surface area contributed by atoms with Gasteiger partial charge in [-0.2, -0.15) is 4.80 Å². The van der Waals surface area contributed by atoms with Crippen molar-refractivity contribution in [3.8, 4) is 11.4 Å². The predicted molar refractivity (Wildman–Crippen MR) is 72.6 cm³/mol. The fraction of sp³-hybridized carbons (Fsp3) is 0.462. The first kappa shape index (κ1) is 13.6. The summed E-state index contributed by atoms with van der Waals surface area (Å²) in [6, 6.07) is 9.84. The third-order valence-corrected chi connectivity index (χ3v) is 2.60. The Morgan fingerprint density at radius 1 is 1.21 bits per heavy atom. The number of aromatic nitrogens is 4. The molecule has 0 radical (unpaired) electrons. The van der Waals surface area contributed by atoms with Gasteiger partial charge in [0.1, 0.15) is 0 Å². The van der Waals surface area contributed by atoms with E-state index in [2.05, 4.69) is 20.7 Å². The second kappa shape index (κ2) is 7.60. The number of rotatable bonds is 8. The number of ether oxygens (including phenoxy) is 1. The maximum absolute atomic E-state index is 5.23. The van der Waals surface area contributed by atoms with Gasteiger partial charge in [-0.1, -0.05) is 30.3 Å². The smallest absolute Gasteiger partial charge is 0.204 e. The molecular formula is C13H19N5O. The number of hydrogen-bond donors (Lipinski definition) is 1. The fourth-order valence-electron chi connectivity index (χ4n) is 1.63. The molecule has 0 saturated carbocycles. The molecule has 0 fully saturated rings. The van der Waals surface area contributed by atoms with Crippen molar-refractivity contribution < 1.29 is 4.74 Å². The largest absolute Gasteiger partial charge is 0.380 e. The minimum absolute atomic E-state index is 0.662. The third kappa shape index (κ3) is 4.42. The molecule has 2 rings (SSSR count). The lowest BCUT2D eigenvalue weighted by Crippen LogP contribution is -2.24. The summed E-state index contributed by atoms with van der Waals surface area (Å²) in [5.74, 6) is 0.662. The zero-order valence-electron chi connectivity index (χ0n) is 11.1. The van der Waals surface area contributed by atoms with Crippen LogP contribution in [0.3, 0.4) is 0 Å². The Kier molecular flexibility index (Phi) is 5.46. The molecule has 6 nitrogen and oxygen atoms in total. The van der Waals surface area contributed by atoms with Crippen molar-refractivity contribution in [3.63, 3.8) is 0 Å². The first-order valence-electron chi connectivity index (χ1n) is 6.52. The molecule has 0 saturated heterocycles. The summed E-state index contributed by atoms with van der Waals surface area (Å²) in [7, 11) is 0. The molecule has 0 unspecified atom stereocenters. The van der Waals surface area contributed by atoms with E-state index in [1.807, 2.05) is 37.3 Å². The molecule has 0 atom stereocenters. The molecule has 19 heavy (non-hydrogen) atoms. The van der Waals surface area contributed by atoms with Gasteiger partial charge in [-0.05, 0) is 12.1 Å². The van der Waals surface area contributed by atoms with Crippen LogP contribution in [0, 0.1) is 0 Å². The molecule has 1 aromatic heterocycles. The topological polar surface area (TPSA) is 64.9 Å². The molecule has 0 amide bonds. The first-order valence-corrected chi connectivity index (χ1v) is 6.52. The van der Waals surface area contributed by atoms with Gasteiger partial charge in [0.2, 0.25) is 5.82 Å². The van der Waals surface area contributed by atoms with Gasteiger partial charge in [-0.25, -0.2) is 0 Å². The van der Waals surface area contributed by atoms with Crippen LogP contribution in [0.15, 0.2) is 30.3 Å². The summed E-state index contributed by atoms with van der Waals surface area (Å²) >= 11 is 0. The van der Waals surface area contributed by atoms with Crippen LogP contribution in [0.4, 0.5) is 0 Å². The van der Waals surface area contributed by atoms with Gasteiger partial charge < -0.3 is 10.1 Å². The summed E-state index contributed by atoms with van der Waals surface area (Å²) in [5.41, 5.74) is 0.984. The number of benzene rings is 1. The van der Waals surface area contributed by atoms with Crippen molar-refractivity contribution in [2.45, 2.75) is 13.5 Å². The summed E-state index contributed by atoms with van der Waals surface area (Å²) in [6.07, 6.45) is 0. The third-order valence-electron chi connectivity index (χ3n) is 2.60.